The van der Waals surface area contributed by atoms with Crippen LogP contribution < -0.4 is 5.32 Å². The predicted octanol–water partition coefficient (Wildman–Crippen LogP) is 3.46. The molecule has 0 radical (unpaired) electrons. The van der Waals surface area contributed by atoms with Gasteiger partial charge in [-0.05, 0) is 50.4 Å². The Morgan fingerprint density at radius 2 is 1.65 bits per heavy atom. The van der Waals surface area contributed by atoms with Crippen molar-refractivity contribution in [2.45, 2.75) is 70.9 Å². The van der Waals surface area contributed by atoms with Gasteiger partial charge in [-0.1, -0.05) is 20.3 Å². The van der Waals surface area contributed by atoms with E-state index in [1.54, 1.807) is 0 Å². The minimum atomic E-state index is 0.0363. The van der Waals surface area contributed by atoms with Crippen LogP contribution in [0.4, 0.5) is 0 Å². The fraction of sp³-hybridized carbons (Fsp3) is 1.00. The number of hydrogen-bond donors (Lipinski definition) is 1. The van der Waals surface area contributed by atoms with E-state index in [2.05, 4.69) is 19.2 Å². The molecular weight excluding hydrogens is 210 g/mol. The molecule has 3 aliphatic rings. The third-order valence-electron chi connectivity index (χ3n) is 5.49. The van der Waals surface area contributed by atoms with Crippen LogP contribution in [-0.4, -0.2) is 18.9 Å². The number of nitrogens with one attached hydrogen (secondary N) is 1. The summed E-state index contributed by atoms with van der Waals surface area (Å²) in [5, 5.41) is 3.78. The van der Waals surface area contributed by atoms with E-state index in [1.807, 2.05) is 0 Å². The molecule has 2 nitrogen and oxygen atoms in total. The Labute approximate surface area is 105 Å². The van der Waals surface area contributed by atoms with Crippen molar-refractivity contribution in [3.8, 4) is 0 Å². The van der Waals surface area contributed by atoms with Gasteiger partial charge in [-0.2, -0.15) is 0 Å². The average molecular weight is 237 g/mol. The van der Waals surface area contributed by atoms with Gasteiger partial charge in [-0.15, -0.1) is 0 Å². The van der Waals surface area contributed by atoms with Crippen LogP contribution in [0.2, 0.25) is 0 Å². The van der Waals surface area contributed by atoms with Gasteiger partial charge < -0.3 is 4.74 Å². The second kappa shape index (κ2) is 3.96. The Morgan fingerprint density at radius 3 is 2.24 bits per heavy atom. The van der Waals surface area contributed by atoms with Crippen molar-refractivity contribution in [2.75, 3.05) is 13.2 Å². The lowest BCUT2D eigenvalue weighted by Gasteiger charge is -2.51. The molecule has 1 aliphatic heterocycles. The second-order valence-electron chi connectivity index (χ2n) is 7.51. The molecule has 1 heterocycles. The Hall–Kier alpha value is -0.0800. The SMILES string of the molecule is CC1(C)CCCC2(CC1)NCC1(CCC1)CO2. The molecule has 2 spiro atoms. The first-order valence-corrected chi connectivity index (χ1v) is 7.42. The van der Waals surface area contributed by atoms with Gasteiger partial charge in [0.1, 0.15) is 5.72 Å². The highest BCUT2D eigenvalue weighted by Gasteiger charge is 2.47. The number of ether oxygens (including phenoxy) is 1. The number of hydrogen-bond acceptors (Lipinski definition) is 2. The first-order chi connectivity index (χ1) is 8.04. The summed E-state index contributed by atoms with van der Waals surface area (Å²) in [6.07, 6.45) is 10.5. The van der Waals surface area contributed by atoms with Gasteiger partial charge in [0.15, 0.2) is 0 Å². The first-order valence-electron chi connectivity index (χ1n) is 7.42. The van der Waals surface area contributed by atoms with Crippen molar-refractivity contribution in [3.63, 3.8) is 0 Å². The summed E-state index contributed by atoms with van der Waals surface area (Å²) in [4.78, 5) is 0. The molecule has 0 amide bonds. The Balaban J connectivity index is 1.63. The van der Waals surface area contributed by atoms with Gasteiger partial charge in [0, 0.05) is 12.0 Å². The molecule has 0 bridgehead atoms. The van der Waals surface area contributed by atoms with Crippen molar-refractivity contribution >= 4 is 0 Å². The molecule has 0 aromatic heterocycles. The smallest absolute Gasteiger partial charge is 0.119 e. The van der Waals surface area contributed by atoms with E-state index in [0.29, 0.717) is 10.8 Å². The third-order valence-corrected chi connectivity index (χ3v) is 5.49. The van der Waals surface area contributed by atoms with Crippen molar-refractivity contribution < 1.29 is 4.74 Å². The van der Waals surface area contributed by atoms with Crippen LogP contribution in [0.1, 0.15) is 65.2 Å². The summed E-state index contributed by atoms with van der Waals surface area (Å²) in [5.41, 5.74) is 1.07. The molecule has 2 aliphatic carbocycles. The number of rotatable bonds is 0. The summed E-state index contributed by atoms with van der Waals surface area (Å²) in [6.45, 7) is 7.03. The Kier molecular flexibility index (Phi) is 2.79. The fourth-order valence-electron chi connectivity index (χ4n) is 3.70. The predicted molar refractivity (Wildman–Crippen MR) is 69.8 cm³/mol. The fourth-order valence-corrected chi connectivity index (χ4v) is 3.70. The monoisotopic (exact) mass is 237 g/mol. The molecule has 0 aromatic carbocycles. The van der Waals surface area contributed by atoms with Crippen LogP contribution in [0.5, 0.6) is 0 Å². The second-order valence-corrected chi connectivity index (χ2v) is 7.51. The van der Waals surface area contributed by atoms with Gasteiger partial charge in [-0.25, -0.2) is 0 Å². The summed E-state index contributed by atoms with van der Waals surface area (Å²) in [5.74, 6) is 0. The lowest BCUT2D eigenvalue weighted by Crippen LogP contribution is -2.60. The van der Waals surface area contributed by atoms with E-state index in [1.165, 1.54) is 57.9 Å². The zero-order valence-corrected chi connectivity index (χ0v) is 11.5. The van der Waals surface area contributed by atoms with E-state index in [9.17, 15) is 0 Å². The maximum atomic E-state index is 6.33. The van der Waals surface area contributed by atoms with E-state index in [0.717, 1.165) is 6.61 Å². The van der Waals surface area contributed by atoms with Gasteiger partial charge in [0.2, 0.25) is 0 Å². The molecule has 3 rings (SSSR count). The van der Waals surface area contributed by atoms with E-state index in [4.69, 9.17) is 4.74 Å². The minimum Gasteiger partial charge on any atom is -0.360 e. The normalized spacial score (nSPS) is 39.9. The van der Waals surface area contributed by atoms with Crippen molar-refractivity contribution in [3.05, 3.63) is 0 Å². The maximum Gasteiger partial charge on any atom is 0.119 e. The highest BCUT2D eigenvalue weighted by Crippen LogP contribution is 2.47. The zero-order valence-electron chi connectivity index (χ0n) is 11.5. The van der Waals surface area contributed by atoms with Crippen molar-refractivity contribution in [2.24, 2.45) is 10.8 Å². The van der Waals surface area contributed by atoms with Gasteiger partial charge >= 0.3 is 0 Å². The molecule has 98 valence electrons. The highest BCUT2D eigenvalue weighted by molar-refractivity contribution is 4.97. The topological polar surface area (TPSA) is 21.3 Å². The highest BCUT2D eigenvalue weighted by atomic mass is 16.5. The molecule has 2 saturated carbocycles. The lowest BCUT2D eigenvalue weighted by atomic mass is 9.68. The summed E-state index contributed by atoms with van der Waals surface area (Å²) >= 11 is 0. The van der Waals surface area contributed by atoms with Crippen LogP contribution in [0.3, 0.4) is 0 Å². The lowest BCUT2D eigenvalue weighted by molar-refractivity contribution is -0.171. The van der Waals surface area contributed by atoms with Crippen LogP contribution in [-0.2, 0) is 4.74 Å². The van der Waals surface area contributed by atoms with Crippen LogP contribution >= 0.6 is 0 Å². The van der Waals surface area contributed by atoms with Crippen LogP contribution in [0.25, 0.3) is 0 Å². The average Bonchev–Trinajstić information content (AvgIpc) is 2.39. The summed E-state index contributed by atoms with van der Waals surface area (Å²) < 4.78 is 6.33. The standard InChI is InChI=1S/C15H27NO/c1-13(2)5-3-8-15(10-9-13)16-11-14(12-17-15)6-4-7-14/h16H,3-12H2,1-2H3. The molecule has 17 heavy (non-hydrogen) atoms. The van der Waals surface area contributed by atoms with Crippen LogP contribution in [0.15, 0.2) is 0 Å². The quantitative estimate of drug-likeness (QED) is 0.696. The molecule has 3 fully saturated rings. The van der Waals surface area contributed by atoms with E-state index < -0.39 is 0 Å². The first kappa shape index (κ1) is 12.0. The van der Waals surface area contributed by atoms with E-state index in [-0.39, 0.29) is 5.72 Å². The van der Waals surface area contributed by atoms with Crippen LogP contribution in [0, 0.1) is 10.8 Å². The van der Waals surface area contributed by atoms with Crippen molar-refractivity contribution in [1.29, 1.82) is 0 Å². The zero-order chi connectivity index (χ0) is 12.0. The largest absolute Gasteiger partial charge is 0.360 e. The molecule has 1 unspecified atom stereocenters. The molecule has 1 atom stereocenters. The summed E-state index contributed by atoms with van der Waals surface area (Å²) in [6, 6.07) is 0. The molecule has 2 heteroatoms. The third kappa shape index (κ3) is 2.26. The Morgan fingerprint density at radius 1 is 0.882 bits per heavy atom. The van der Waals surface area contributed by atoms with Gasteiger partial charge in [-0.3, -0.25) is 5.32 Å². The Bertz CT molecular complexity index is 283. The molecule has 1 saturated heterocycles. The maximum absolute atomic E-state index is 6.33. The molecule has 0 aromatic rings. The molecular formula is C15H27NO. The van der Waals surface area contributed by atoms with Gasteiger partial charge in [0.05, 0.1) is 6.61 Å². The van der Waals surface area contributed by atoms with Crippen molar-refractivity contribution in [1.82, 2.24) is 5.32 Å². The minimum absolute atomic E-state index is 0.0363. The molecule has 1 N–H and O–H groups in total. The van der Waals surface area contributed by atoms with Gasteiger partial charge in [0.25, 0.3) is 0 Å². The van der Waals surface area contributed by atoms with E-state index >= 15 is 0 Å². The summed E-state index contributed by atoms with van der Waals surface area (Å²) in [7, 11) is 0.